The second-order valence-electron chi connectivity index (χ2n) is 6.51. The SMILES string of the molecule is C[C@@H](NC(=O)c1nc(Nc2ccccc2)c2ccccc2n1)c1ccccc1. The van der Waals surface area contributed by atoms with Crippen molar-refractivity contribution < 1.29 is 4.79 Å². The standard InChI is InChI=1S/C23H20N4O/c1-16(17-10-4-2-5-11-17)24-23(28)22-26-20-15-9-8-14-19(20)21(27-22)25-18-12-6-3-7-13-18/h2-16H,1H3,(H,24,28)(H,25,26,27)/t16-/m1/s1. The number of carbonyl (C=O) groups excluding carboxylic acids is 1. The van der Waals surface area contributed by atoms with Gasteiger partial charge >= 0.3 is 0 Å². The topological polar surface area (TPSA) is 66.9 Å². The van der Waals surface area contributed by atoms with E-state index >= 15 is 0 Å². The van der Waals surface area contributed by atoms with Gasteiger partial charge in [0.25, 0.3) is 5.91 Å². The van der Waals surface area contributed by atoms with Gasteiger partial charge in [0.1, 0.15) is 5.82 Å². The fraction of sp³-hybridized carbons (Fsp3) is 0.0870. The molecule has 0 saturated carbocycles. The highest BCUT2D eigenvalue weighted by atomic mass is 16.2. The molecule has 0 unspecified atom stereocenters. The predicted molar refractivity (Wildman–Crippen MR) is 112 cm³/mol. The van der Waals surface area contributed by atoms with Crippen molar-refractivity contribution in [2.75, 3.05) is 5.32 Å². The van der Waals surface area contributed by atoms with Crippen molar-refractivity contribution in [2.45, 2.75) is 13.0 Å². The van der Waals surface area contributed by atoms with Crippen LogP contribution >= 0.6 is 0 Å². The third kappa shape index (κ3) is 3.83. The molecule has 1 amide bonds. The summed E-state index contributed by atoms with van der Waals surface area (Å²) in [5.74, 6) is 0.437. The fourth-order valence-corrected chi connectivity index (χ4v) is 3.02. The molecule has 0 fully saturated rings. The van der Waals surface area contributed by atoms with E-state index in [-0.39, 0.29) is 17.8 Å². The zero-order valence-electron chi connectivity index (χ0n) is 15.5. The smallest absolute Gasteiger partial charge is 0.289 e. The molecule has 0 bridgehead atoms. The van der Waals surface area contributed by atoms with Crippen molar-refractivity contribution in [3.63, 3.8) is 0 Å². The summed E-state index contributed by atoms with van der Waals surface area (Å²) in [4.78, 5) is 21.8. The van der Waals surface area contributed by atoms with Crippen LogP contribution in [0.1, 0.15) is 29.1 Å². The highest BCUT2D eigenvalue weighted by molar-refractivity contribution is 5.97. The molecule has 0 spiro atoms. The number of fused-ring (bicyclic) bond motifs is 1. The largest absolute Gasteiger partial charge is 0.343 e. The fourth-order valence-electron chi connectivity index (χ4n) is 3.02. The first kappa shape index (κ1) is 17.7. The number of nitrogens with one attached hydrogen (secondary N) is 2. The quantitative estimate of drug-likeness (QED) is 0.528. The summed E-state index contributed by atoms with van der Waals surface area (Å²) in [6.07, 6.45) is 0. The van der Waals surface area contributed by atoms with Gasteiger partial charge in [-0.1, -0.05) is 60.7 Å². The van der Waals surface area contributed by atoms with Gasteiger partial charge in [0, 0.05) is 11.1 Å². The summed E-state index contributed by atoms with van der Waals surface area (Å²) < 4.78 is 0. The average molecular weight is 368 g/mol. The number of anilines is 2. The van der Waals surface area contributed by atoms with Crippen molar-refractivity contribution in [1.82, 2.24) is 15.3 Å². The van der Waals surface area contributed by atoms with E-state index < -0.39 is 0 Å². The van der Waals surface area contributed by atoms with Gasteiger partial charge in [0.2, 0.25) is 5.82 Å². The third-order valence-electron chi connectivity index (χ3n) is 4.49. The van der Waals surface area contributed by atoms with Crippen LogP contribution in [0.3, 0.4) is 0 Å². The van der Waals surface area contributed by atoms with Gasteiger partial charge < -0.3 is 10.6 Å². The second kappa shape index (κ2) is 7.88. The van der Waals surface area contributed by atoms with Crippen LogP contribution in [0.4, 0.5) is 11.5 Å². The Morgan fingerprint density at radius 3 is 2.21 bits per heavy atom. The molecule has 0 radical (unpaired) electrons. The summed E-state index contributed by atoms with van der Waals surface area (Å²) in [6, 6.07) is 27.1. The first-order valence-electron chi connectivity index (χ1n) is 9.15. The Bertz CT molecular complexity index is 1100. The van der Waals surface area contributed by atoms with Crippen molar-refractivity contribution in [3.8, 4) is 0 Å². The van der Waals surface area contributed by atoms with E-state index in [0.29, 0.717) is 11.3 Å². The molecule has 3 aromatic carbocycles. The Morgan fingerprint density at radius 1 is 0.821 bits per heavy atom. The van der Waals surface area contributed by atoms with Crippen LogP contribution in [0.2, 0.25) is 0 Å². The zero-order chi connectivity index (χ0) is 19.3. The van der Waals surface area contributed by atoms with Crippen LogP contribution in [-0.4, -0.2) is 15.9 Å². The maximum absolute atomic E-state index is 12.8. The number of para-hydroxylation sites is 2. The number of nitrogens with zero attached hydrogens (tertiary/aromatic N) is 2. The van der Waals surface area contributed by atoms with E-state index in [1.807, 2.05) is 91.9 Å². The molecule has 4 rings (SSSR count). The Balaban J connectivity index is 1.66. The van der Waals surface area contributed by atoms with Crippen LogP contribution in [0, 0.1) is 0 Å². The minimum atomic E-state index is -0.307. The van der Waals surface area contributed by atoms with Crippen LogP contribution < -0.4 is 10.6 Å². The summed E-state index contributed by atoms with van der Waals surface area (Å²) in [5, 5.41) is 7.13. The molecule has 0 aliphatic rings. The monoisotopic (exact) mass is 368 g/mol. The first-order chi connectivity index (χ1) is 13.7. The van der Waals surface area contributed by atoms with E-state index in [2.05, 4.69) is 20.6 Å². The molecule has 5 heteroatoms. The maximum atomic E-state index is 12.8. The van der Waals surface area contributed by atoms with Gasteiger partial charge in [-0.25, -0.2) is 9.97 Å². The number of amides is 1. The molecule has 5 nitrogen and oxygen atoms in total. The lowest BCUT2D eigenvalue weighted by atomic mass is 10.1. The van der Waals surface area contributed by atoms with E-state index in [9.17, 15) is 4.79 Å². The molecule has 1 aromatic heterocycles. The van der Waals surface area contributed by atoms with Gasteiger partial charge in [0.15, 0.2) is 0 Å². The predicted octanol–water partition coefficient (Wildman–Crippen LogP) is 4.86. The Hall–Kier alpha value is -3.73. The molecular formula is C23H20N4O. The van der Waals surface area contributed by atoms with Crippen molar-refractivity contribution >= 4 is 28.3 Å². The summed E-state index contributed by atoms with van der Waals surface area (Å²) in [7, 11) is 0. The lowest BCUT2D eigenvalue weighted by molar-refractivity contribution is 0.0930. The molecular weight excluding hydrogens is 348 g/mol. The van der Waals surface area contributed by atoms with Crippen LogP contribution in [0.15, 0.2) is 84.9 Å². The Labute approximate surface area is 163 Å². The van der Waals surface area contributed by atoms with Crippen molar-refractivity contribution in [2.24, 2.45) is 0 Å². The molecule has 138 valence electrons. The number of hydrogen-bond donors (Lipinski definition) is 2. The molecule has 1 heterocycles. The van der Waals surface area contributed by atoms with Gasteiger partial charge in [-0.3, -0.25) is 4.79 Å². The van der Waals surface area contributed by atoms with E-state index in [0.717, 1.165) is 16.6 Å². The second-order valence-corrected chi connectivity index (χ2v) is 6.51. The van der Waals surface area contributed by atoms with Crippen LogP contribution in [-0.2, 0) is 0 Å². The lowest BCUT2D eigenvalue weighted by Crippen LogP contribution is -2.28. The van der Waals surface area contributed by atoms with E-state index in [4.69, 9.17) is 0 Å². The lowest BCUT2D eigenvalue weighted by Gasteiger charge is -2.15. The zero-order valence-corrected chi connectivity index (χ0v) is 15.5. The molecule has 0 aliphatic carbocycles. The third-order valence-corrected chi connectivity index (χ3v) is 4.49. The minimum absolute atomic E-state index is 0.139. The molecule has 2 N–H and O–H groups in total. The van der Waals surface area contributed by atoms with Crippen molar-refractivity contribution in [1.29, 1.82) is 0 Å². The highest BCUT2D eigenvalue weighted by Crippen LogP contribution is 2.24. The first-order valence-corrected chi connectivity index (χ1v) is 9.15. The maximum Gasteiger partial charge on any atom is 0.289 e. The Morgan fingerprint density at radius 2 is 1.46 bits per heavy atom. The van der Waals surface area contributed by atoms with Crippen LogP contribution in [0.5, 0.6) is 0 Å². The number of rotatable bonds is 5. The van der Waals surface area contributed by atoms with Gasteiger partial charge in [0.05, 0.1) is 11.6 Å². The van der Waals surface area contributed by atoms with Gasteiger partial charge in [-0.15, -0.1) is 0 Å². The summed E-state index contributed by atoms with van der Waals surface area (Å²) in [5.41, 5.74) is 2.64. The Kier molecular flexibility index (Phi) is 4.97. The van der Waals surface area contributed by atoms with E-state index in [1.165, 1.54) is 0 Å². The summed E-state index contributed by atoms with van der Waals surface area (Å²) >= 11 is 0. The number of benzene rings is 3. The molecule has 0 saturated heterocycles. The normalized spacial score (nSPS) is 11.8. The minimum Gasteiger partial charge on any atom is -0.343 e. The van der Waals surface area contributed by atoms with E-state index in [1.54, 1.807) is 0 Å². The van der Waals surface area contributed by atoms with Gasteiger partial charge in [-0.2, -0.15) is 0 Å². The van der Waals surface area contributed by atoms with Gasteiger partial charge in [-0.05, 0) is 36.8 Å². The van der Waals surface area contributed by atoms with Crippen LogP contribution in [0.25, 0.3) is 10.9 Å². The molecule has 0 aliphatic heterocycles. The molecule has 28 heavy (non-hydrogen) atoms. The number of aromatic nitrogens is 2. The highest BCUT2D eigenvalue weighted by Gasteiger charge is 2.17. The molecule has 4 aromatic rings. The average Bonchev–Trinajstić information content (AvgIpc) is 2.75. The number of carbonyl (C=O) groups is 1. The van der Waals surface area contributed by atoms with Crippen molar-refractivity contribution in [3.05, 3.63) is 96.3 Å². The summed E-state index contributed by atoms with van der Waals surface area (Å²) in [6.45, 7) is 1.94. The molecule has 1 atom stereocenters. The number of hydrogen-bond acceptors (Lipinski definition) is 4.